The molecule has 0 atom stereocenters. The first-order valence-electron chi connectivity index (χ1n) is 4.41. The number of nitrogens with zero attached hydrogens (tertiary/aromatic N) is 1. The third kappa shape index (κ3) is 1.03. The van der Waals surface area contributed by atoms with E-state index in [1.807, 2.05) is 30.5 Å². The molecule has 2 heterocycles. The summed E-state index contributed by atoms with van der Waals surface area (Å²) in [5.41, 5.74) is 3.08. The van der Waals surface area contributed by atoms with Gasteiger partial charge in [0, 0.05) is 28.7 Å². The summed E-state index contributed by atoms with van der Waals surface area (Å²) in [6.07, 6.45) is 3.51. The highest BCUT2D eigenvalue weighted by atomic mass is 16.5. The number of nitrogens with one attached hydrogen (secondary N) is 1. The fourth-order valence-corrected chi connectivity index (χ4v) is 1.57. The smallest absolute Gasteiger partial charge is 0.124 e. The molecule has 0 fully saturated rings. The van der Waals surface area contributed by atoms with Crippen molar-refractivity contribution in [2.45, 2.75) is 0 Å². The van der Waals surface area contributed by atoms with E-state index in [0.29, 0.717) is 0 Å². The van der Waals surface area contributed by atoms with Crippen LogP contribution in [0, 0.1) is 0 Å². The molecule has 0 aliphatic heterocycles. The normalized spacial score (nSPS) is 10.9. The van der Waals surface area contributed by atoms with Gasteiger partial charge in [-0.25, -0.2) is 0 Å². The summed E-state index contributed by atoms with van der Waals surface area (Å²) < 4.78 is 4.80. The molecule has 14 heavy (non-hydrogen) atoms. The third-order valence-electron chi connectivity index (χ3n) is 2.29. The molecule has 0 amide bonds. The Balaban J connectivity index is 2.23. The summed E-state index contributed by atoms with van der Waals surface area (Å²) in [5, 5.41) is 5.08. The first kappa shape index (κ1) is 7.38. The molecular formula is C11H8N2O. The number of benzene rings is 1. The van der Waals surface area contributed by atoms with Crippen molar-refractivity contribution in [3.63, 3.8) is 0 Å². The molecule has 0 radical (unpaired) electrons. The molecule has 0 bridgehead atoms. The topological polar surface area (TPSA) is 41.8 Å². The molecular weight excluding hydrogens is 176 g/mol. The van der Waals surface area contributed by atoms with Gasteiger partial charge in [0.2, 0.25) is 0 Å². The Labute approximate surface area is 80.3 Å². The van der Waals surface area contributed by atoms with Crippen molar-refractivity contribution in [1.82, 2.24) is 10.1 Å². The maximum absolute atomic E-state index is 4.80. The average Bonchev–Trinajstić information content (AvgIpc) is 2.88. The molecule has 3 nitrogen and oxygen atoms in total. The van der Waals surface area contributed by atoms with Gasteiger partial charge in [-0.3, -0.25) is 0 Å². The van der Waals surface area contributed by atoms with Gasteiger partial charge >= 0.3 is 0 Å². The third-order valence-corrected chi connectivity index (χ3v) is 2.29. The van der Waals surface area contributed by atoms with E-state index in [0.717, 1.165) is 16.8 Å². The number of hydrogen-bond acceptors (Lipinski definition) is 2. The van der Waals surface area contributed by atoms with E-state index in [1.165, 1.54) is 5.39 Å². The fourth-order valence-electron chi connectivity index (χ4n) is 1.57. The standard InChI is InChI=1S/C11H8N2O/c1-2-10-9(3-5-12-10)7-8(1)11-4-6-14-13-11/h1-7,12H. The second-order valence-corrected chi connectivity index (χ2v) is 3.16. The first-order chi connectivity index (χ1) is 6.93. The van der Waals surface area contributed by atoms with Crippen LogP contribution >= 0.6 is 0 Å². The Morgan fingerprint density at radius 1 is 1.14 bits per heavy atom. The van der Waals surface area contributed by atoms with Crippen LogP contribution < -0.4 is 0 Å². The second kappa shape index (κ2) is 2.73. The summed E-state index contributed by atoms with van der Waals surface area (Å²) in [6, 6.07) is 10.0. The van der Waals surface area contributed by atoms with Crippen LogP contribution in [0.4, 0.5) is 0 Å². The molecule has 3 rings (SSSR count). The van der Waals surface area contributed by atoms with Crippen LogP contribution in [0.25, 0.3) is 22.2 Å². The van der Waals surface area contributed by atoms with E-state index in [-0.39, 0.29) is 0 Å². The van der Waals surface area contributed by atoms with Gasteiger partial charge in [0.05, 0.1) is 0 Å². The van der Waals surface area contributed by atoms with E-state index in [1.54, 1.807) is 6.26 Å². The van der Waals surface area contributed by atoms with E-state index in [9.17, 15) is 0 Å². The molecule has 2 aromatic heterocycles. The molecule has 0 aliphatic carbocycles. The lowest BCUT2D eigenvalue weighted by atomic mass is 10.1. The summed E-state index contributed by atoms with van der Waals surface area (Å²) in [5.74, 6) is 0. The minimum Gasteiger partial charge on any atom is -0.364 e. The Hall–Kier alpha value is -2.03. The molecule has 0 saturated heterocycles. The van der Waals surface area contributed by atoms with E-state index < -0.39 is 0 Å². The zero-order valence-corrected chi connectivity index (χ0v) is 7.40. The molecule has 1 aromatic carbocycles. The Bertz CT molecular complexity index is 551. The molecule has 0 aliphatic rings. The van der Waals surface area contributed by atoms with E-state index >= 15 is 0 Å². The van der Waals surface area contributed by atoms with Crippen molar-refractivity contribution in [3.8, 4) is 11.3 Å². The molecule has 3 heteroatoms. The Morgan fingerprint density at radius 3 is 3.00 bits per heavy atom. The van der Waals surface area contributed by atoms with Crippen molar-refractivity contribution in [2.75, 3.05) is 0 Å². The molecule has 0 spiro atoms. The van der Waals surface area contributed by atoms with Crippen molar-refractivity contribution >= 4 is 10.9 Å². The number of fused-ring (bicyclic) bond motifs is 1. The second-order valence-electron chi connectivity index (χ2n) is 3.16. The Morgan fingerprint density at radius 2 is 2.14 bits per heavy atom. The number of aromatic nitrogens is 2. The number of hydrogen-bond donors (Lipinski definition) is 1. The molecule has 3 aromatic rings. The predicted octanol–water partition coefficient (Wildman–Crippen LogP) is 2.82. The van der Waals surface area contributed by atoms with Gasteiger partial charge in [0.15, 0.2) is 0 Å². The van der Waals surface area contributed by atoms with E-state index in [2.05, 4.69) is 16.2 Å². The maximum Gasteiger partial charge on any atom is 0.124 e. The minimum atomic E-state index is 0.869. The lowest BCUT2D eigenvalue weighted by Gasteiger charge is -1.95. The van der Waals surface area contributed by atoms with Crippen molar-refractivity contribution in [3.05, 3.63) is 42.8 Å². The zero-order valence-electron chi connectivity index (χ0n) is 7.40. The lowest BCUT2D eigenvalue weighted by Crippen LogP contribution is -1.76. The van der Waals surface area contributed by atoms with Crippen LogP contribution in [0.15, 0.2) is 47.3 Å². The van der Waals surface area contributed by atoms with Crippen LogP contribution in [0.2, 0.25) is 0 Å². The Kier molecular flexibility index (Phi) is 1.44. The van der Waals surface area contributed by atoms with Crippen molar-refractivity contribution < 1.29 is 4.52 Å². The summed E-state index contributed by atoms with van der Waals surface area (Å²) in [6.45, 7) is 0. The van der Waals surface area contributed by atoms with Gasteiger partial charge in [0.1, 0.15) is 12.0 Å². The number of aromatic amines is 1. The highest BCUT2D eigenvalue weighted by Crippen LogP contribution is 2.22. The van der Waals surface area contributed by atoms with Crippen LogP contribution in [-0.4, -0.2) is 10.1 Å². The van der Waals surface area contributed by atoms with Crippen LogP contribution in [-0.2, 0) is 0 Å². The van der Waals surface area contributed by atoms with Crippen molar-refractivity contribution in [1.29, 1.82) is 0 Å². The highest BCUT2D eigenvalue weighted by Gasteiger charge is 2.02. The van der Waals surface area contributed by atoms with Gasteiger partial charge in [-0.1, -0.05) is 11.2 Å². The first-order valence-corrected chi connectivity index (χ1v) is 4.41. The maximum atomic E-state index is 4.80. The van der Waals surface area contributed by atoms with Gasteiger partial charge in [0.25, 0.3) is 0 Å². The monoisotopic (exact) mass is 184 g/mol. The quantitative estimate of drug-likeness (QED) is 0.631. The molecule has 1 N–H and O–H groups in total. The molecule has 0 saturated carbocycles. The van der Waals surface area contributed by atoms with Gasteiger partial charge in [-0.15, -0.1) is 0 Å². The summed E-state index contributed by atoms with van der Waals surface area (Å²) in [7, 11) is 0. The van der Waals surface area contributed by atoms with Crippen molar-refractivity contribution in [2.24, 2.45) is 0 Å². The SMILES string of the molecule is c1cc2cc(-c3ccon3)ccc2[nH]1. The minimum absolute atomic E-state index is 0.869. The van der Waals surface area contributed by atoms with Gasteiger partial charge < -0.3 is 9.51 Å². The van der Waals surface area contributed by atoms with Gasteiger partial charge in [-0.2, -0.15) is 0 Å². The molecule has 68 valence electrons. The highest BCUT2D eigenvalue weighted by molar-refractivity contribution is 5.84. The van der Waals surface area contributed by atoms with Crippen LogP contribution in [0.5, 0.6) is 0 Å². The van der Waals surface area contributed by atoms with Crippen LogP contribution in [0.1, 0.15) is 0 Å². The van der Waals surface area contributed by atoms with Gasteiger partial charge in [-0.05, 0) is 18.2 Å². The number of rotatable bonds is 1. The largest absolute Gasteiger partial charge is 0.364 e. The summed E-state index contributed by atoms with van der Waals surface area (Å²) >= 11 is 0. The predicted molar refractivity (Wildman–Crippen MR) is 53.8 cm³/mol. The molecule has 0 unspecified atom stereocenters. The zero-order chi connectivity index (χ0) is 9.38. The van der Waals surface area contributed by atoms with E-state index in [4.69, 9.17) is 4.52 Å². The lowest BCUT2D eigenvalue weighted by molar-refractivity contribution is 0.422. The summed E-state index contributed by atoms with van der Waals surface area (Å²) in [4.78, 5) is 3.15. The van der Waals surface area contributed by atoms with Crippen LogP contribution in [0.3, 0.4) is 0 Å². The average molecular weight is 184 g/mol. The number of H-pyrrole nitrogens is 1. The fraction of sp³-hybridized carbons (Fsp3) is 0.